The number of hydrogen-bond acceptors (Lipinski definition) is 4. The number of halogens is 2. The minimum absolute atomic E-state index is 0.634. The summed E-state index contributed by atoms with van der Waals surface area (Å²) >= 11 is 14.0. The van der Waals surface area contributed by atoms with Gasteiger partial charge in [0, 0.05) is 28.4 Å². The monoisotopic (exact) mass is 421 g/mol. The molecule has 0 aliphatic rings. The smallest absolute Gasteiger partial charge is 0.191 e. The molecule has 0 unspecified atom stereocenters. The first-order valence-corrected chi connectivity index (χ1v) is 10.5. The van der Waals surface area contributed by atoms with Crippen LogP contribution in [0, 0.1) is 0 Å². The lowest BCUT2D eigenvalue weighted by Gasteiger charge is -2.08. The first-order valence-electron chi connectivity index (χ1n) is 8.78. The van der Waals surface area contributed by atoms with Gasteiger partial charge in [-0.15, -0.1) is 10.2 Å². The van der Waals surface area contributed by atoms with Gasteiger partial charge in [-0.1, -0.05) is 54.4 Å². The van der Waals surface area contributed by atoms with E-state index in [9.17, 15) is 0 Å². The van der Waals surface area contributed by atoms with E-state index in [1.54, 1.807) is 11.8 Å². The Morgan fingerprint density at radius 1 is 1.04 bits per heavy atom. The van der Waals surface area contributed by atoms with Gasteiger partial charge in [0.2, 0.25) is 0 Å². The van der Waals surface area contributed by atoms with Crippen LogP contribution in [0.5, 0.6) is 5.75 Å². The van der Waals surface area contributed by atoms with Crippen LogP contribution in [0.2, 0.25) is 10.0 Å². The molecule has 0 saturated heterocycles. The van der Waals surface area contributed by atoms with Crippen molar-refractivity contribution in [1.82, 2.24) is 14.8 Å². The van der Waals surface area contributed by atoms with Crippen LogP contribution in [-0.4, -0.2) is 21.4 Å². The summed E-state index contributed by atoms with van der Waals surface area (Å²) in [6.07, 6.45) is 2.18. The summed E-state index contributed by atoms with van der Waals surface area (Å²) in [6.45, 7) is 2.89. The maximum absolute atomic E-state index is 6.24. The highest BCUT2D eigenvalue weighted by Gasteiger charge is 2.13. The fourth-order valence-corrected chi connectivity index (χ4v) is 4.19. The van der Waals surface area contributed by atoms with Gasteiger partial charge in [-0.2, -0.15) is 0 Å². The van der Waals surface area contributed by atoms with E-state index in [2.05, 4.69) is 17.1 Å². The van der Waals surface area contributed by atoms with E-state index in [0.717, 1.165) is 47.3 Å². The molecule has 0 aliphatic carbocycles. The summed E-state index contributed by atoms with van der Waals surface area (Å²) in [6, 6.07) is 13.5. The normalized spacial score (nSPS) is 11.0. The second kappa shape index (κ2) is 9.49. The van der Waals surface area contributed by atoms with E-state index in [4.69, 9.17) is 27.9 Å². The Morgan fingerprint density at radius 3 is 2.41 bits per heavy atom. The molecule has 0 saturated carbocycles. The van der Waals surface area contributed by atoms with E-state index < -0.39 is 0 Å². The van der Waals surface area contributed by atoms with Crippen molar-refractivity contribution in [1.29, 1.82) is 0 Å². The molecule has 4 nitrogen and oxygen atoms in total. The Kier molecular flexibility index (Phi) is 7.05. The first-order chi connectivity index (χ1) is 13.1. The lowest BCUT2D eigenvalue weighted by Crippen LogP contribution is -1.97. The Hall–Kier alpha value is -1.69. The van der Waals surface area contributed by atoms with E-state index >= 15 is 0 Å². The van der Waals surface area contributed by atoms with Crippen LogP contribution in [0.4, 0.5) is 0 Å². The molecule has 142 valence electrons. The third-order valence-electron chi connectivity index (χ3n) is 4.12. The van der Waals surface area contributed by atoms with Crippen LogP contribution in [0.3, 0.4) is 0 Å². The second-order valence-electron chi connectivity index (χ2n) is 6.08. The average molecular weight is 422 g/mol. The first kappa shape index (κ1) is 20.1. The van der Waals surface area contributed by atoms with Crippen molar-refractivity contribution < 1.29 is 4.74 Å². The lowest BCUT2D eigenvalue weighted by atomic mass is 10.2. The van der Waals surface area contributed by atoms with E-state index in [1.807, 2.05) is 54.1 Å². The summed E-state index contributed by atoms with van der Waals surface area (Å²) in [7, 11) is 1.96. The lowest BCUT2D eigenvalue weighted by molar-refractivity contribution is 0.309. The molecular weight excluding hydrogens is 401 g/mol. The fourth-order valence-electron chi connectivity index (χ4n) is 2.53. The fraction of sp³-hybridized carbons (Fsp3) is 0.300. The van der Waals surface area contributed by atoms with Gasteiger partial charge in [0.25, 0.3) is 0 Å². The SMILES string of the molecule is CCCCOc1ccc(-c2nnc(SCc3c(Cl)cccc3Cl)n2C)cc1. The number of aromatic nitrogens is 3. The van der Waals surface area contributed by atoms with Crippen molar-refractivity contribution in [2.75, 3.05) is 6.61 Å². The average Bonchev–Trinajstić information content (AvgIpc) is 3.03. The largest absolute Gasteiger partial charge is 0.494 e. The van der Waals surface area contributed by atoms with E-state index in [0.29, 0.717) is 15.8 Å². The molecule has 7 heteroatoms. The predicted octanol–water partition coefficient (Wildman–Crippen LogP) is 6.26. The van der Waals surface area contributed by atoms with Crippen LogP contribution in [0.25, 0.3) is 11.4 Å². The number of ether oxygens (including phenoxy) is 1. The molecule has 0 amide bonds. The molecule has 0 bridgehead atoms. The molecular formula is C20H21Cl2N3OS. The summed E-state index contributed by atoms with van der Waals surface area (Å²) in [5.74, 6) is 2.31. The molecule has 0 atom stereocenters. The Morgan fingerprint density at radius 2 is 1.74 bits per heavy atom. The summed E-state index contributed by atoms with van der Waals surface area (Å²) < 4.78 is 7.69. The Labute approximate surface area is 173 Å². The van der Waals surface area contributed by atoms with Crippen molar-refractivity contribution in [2.24, 2.45) is 7.05 Å². The minimum atomic E-state index is 0.634. The number of unbranched alkanes of at least 4 members (excludes halogenated alkanes) is 1. The van der Waals surface area contributed by atoms with Gasteiger partial charge in [0.15, 0.2) is 11.0 Å². The van der Waals surface area contributed by atoms with Crippen LogP contribution in [-0.2, 0) is 12.8 Å². The molecule has 1 aromatic heterocycles. The molecule has 0 spiro atoms. The zero-order valence-electron chi connectivity index (χ0n) is 15.3. The second-order valence-corrected chi connectivity index (χ2v) is 7.84. The molecule has 27 heavy (non-hydrogen) atoms. The van der Waals surface area contributed by atoms with E-state index in [1.165, 1.54) is 0 Å². The third-order valence-corrected chi connectivity index (χ3v) is 5.88. The molecule has 1 heterocycles. The van der Waals surface area contributed by atoms with Gasteiger partial charge in [0.05, 0.1) is 6.61 Å². The maximum Gasteiger partial charge on any atom is 0.191 e. The Bertz CT molecular complexity index is 876. The standard InChI is InChI=1S/C20H21Cl2N3OS/c1-3-4-12-26-15-10-8-14(9-11-15)19-23-24-20(25(19)2)27-13-16-17(21)6-5-7-18(16)22/h5-11H,3-4,12-13H2,1-2H3. The van der Waals surface area contributed by atoms with Crippen LogP contribution in [0.15, 0.2) is 47.6 Å². The molecule has 0 aliphatic heterocycles. The van der Waals surface area contributed by atoms with Crippen molar-refractivity contribution in [2.45, 2.75) is 30.7 Å². The van der Waals surface area contributed by atoms with Gasteiger partial charge >= 0.3 is 0 Å². The molecule has 0 fully saturated rings. The maximum atomic E-state index is 6.24. The van der Waals surface area contributed by atoms with Crippen LogP contribution < -0.4 is 4.74 Å². The number of thioether (sulfide) groups is 1. The third kappa shape index (κ3) is 4.98. The molecule has 3 aromatic rings. The highest BCUT2D eigenvalue weighted by molar-refractivity contribution is 7.98. The summed E-state index contributed by atoms with van der Waals surface area (Å²) in [5, 5.41) is 10.8. The van der Waals surface area contributed by atoms with E-state index in [-0.39, 0.29) is 0 Å². The molecule has 0 radical (unpaired) electrons. The minimum Gasteiger partial charge on any atom is -0.494 e. The number of benzene rings is 2. The van der Waals surface area contributed by atoms with Crippen LogP contribution in [0.1, 0.15) is 25.3 Å². The molecule has 0 N–H and O–H groups in total. The molecule has 3 rings (SSSR count). The van der Waals surface area contributed by atoms with Gasteiger partial charge in [-0.25, -0.2) is 0 Å². The topological polar surface area (TPSA) is 39.9 Å². The highest BCUT2D eigenvalue weighted by atomic mass is 35.5. The van der Waals surface area contributed by atoms with Gasteiger partial charge in [0.1, 0.15) is 5.75 Å². The highest BCUT2D eigenvalue weighted by Crippen LogP contribution is 2.32. The van der Waals surface area contributed by atoms with Crippen molar-refractivity contribution in [3.05, 3.63) is 58.1 Å². The van der Waals surface area contributed by atoms with Crippen LogP contribution >= 0.6 is 35.0 Å². The van der Waals surface area contributed by atoms with Gasteiger partial charge in [-0.3, -0.25) is 0 Å². The van der Waals surface area contributed by atoms with Crippen molar-refractivity contribution >= 4 is 35.0 Å². The number of rotatable bonds is 8. The summed E-state index contributed by atoms with van der Waals surface area (Å²) in [5.41, 5.74) is 1.90. The quantitative estimate of drug-likeness (QED) is 0.317. The molecule has 2 aromatic carbocycles. The zero-order valence-corrected chi connectivity index (χ0v) is 17.6. The predicted molar refractivity (Wildman–Crippen MR) is 113 cm³/mol. The number of nitrogens with zero attached hydrogens (tertiary/aromatic N) is 3. The van der Waals surface area contributed by atoms with Gasteiger partial charge in [-0.05, 0) is 48.4 Å². The summed E-state index contributed by atoms with van der Waals surface area (Å²) in [4.78, 5) is 0. The van der Waals surface area contributed by atoms with Gasteiger partial charge < -0.3 is 9.30 Å². The van der Waals surface area contributed by atoms with Crippen molar-refractivity contribution in [3.63, 3.8) is 0 Å². The zero-order chi connectivity index (χ0) is 19.2. The number of hydrogen-bond donors (Lipinski definition) is 0. The van der Waals surface area contributed by atoms with Crippen molar-refractivity contribution in [3.8, 4) is 17.1 Å². The Balaban J connectivity index is 1.70.